The van der Waals surface area contributed by atoms with Gasteiger partial charge < -0.3 is 4.42 Å². The van der Waals surface area contributed by atoms with Crippen LogP contribution in [-0.4, -0.2) is 4.75 Å². The van der Waals surface area contributed by atoms with Crippen LogP contribution in [0.1, 0.15) is 20.8 Å². The molecule has 0 aliphatic rings. The second-order valence-electron chi connectivity index (χ2n) is 4.32. The van der Waals surface area contributed by atoms with Gasteiger partial charge in [-0.3, -0.25) is 0 Å². The van der Waals surface area contributed by atoms with E-state index in [0.29, 0.717) is 0 Å². The first kappa shape index (κ1) is 9.66. The zero-order chi connectivity index (χ0) is 10.2. The molecule has 0 aliphatic heterocycles. The minimum absolute atomic E-state index is 0.202. The molecule has 2 aromatic rings. The summed E-state index contributed by atoms with van der Waals surface area (Å²) in [4.78, 5) is 0. The van der Waals surface area contributed by atoms with Crippen LogP contribution in [0.2, 0.25) is 0 Å². The third-order valence-corrected chi connectivity index (χ3v) is 2.82. The van der Waals surface area contributed by atoms with Gasteiger partial charge in [-0.25, -0.2) is 0 Å². The van der Waals surface area contributed by atoms with Crippen LogP contribution in [0, 0.1) is 0 Å². The van der Waals surface area contributed by atoms with E-state index in [4.69, 9.17) is 4.42 Å². The molecule has 0 saturated heterocycles. The zero-order valence-corrected chi connectivity index (χ0v) is 9.52. The second kappa shape index (κ2) is 3.35. The van der Waals surface area contributed by atoms with Gasteiger partial charge in [-0.2, -0.15) is 0 Å². The Bertz CT molecular complexity index is 404. The van der Waals surface area contributed by atoms with Crippen LogP contribution in [0.15, 0.2) is 39.8 Å². The van der Waals surface area contributed by atoms with Crippen molar-refractivity contribution < 1.29 is 4.42 Å². The lowest BCUT2D eigenvalue weighted by Crippen LogP contribution is -2.05. The van der Waals surface area contributed by atoms with Crippen molar-refractivity contribution in [2.24, 2.45) is 0 Å². The van der Waals surface area contributed by atoms with Gasteiger partial charge in [0, 0.05) is 10.1 Å². The lowest BCUT2D eigenvalue weighted by Gasteiger charge is -2.14. The van der Waals surface area contributed by atoms with E-state index in [2.05, 4.69) is 32.9 Å². The molecule has 1 nitrogen and oxygen atoms in total. The maximum absolute atomic E-state index is 5.71. The van der Waals surface area contributed by atoms with E-state index in [1.165, 1.54) is 5.39 Å². The van der Waals surface area contributed by atoms with Crippen LogP contribution < -0.4 is 0 Å². The third-order valence-electron chi connectivity index (χ3n) is 1.81. The van der Waals surface area contributed by atoms with E-state index >= 15 is 0 Å². The van der Waals surface area contributed by atoms with Gasteiger partial charge in [0.2, 0.25) is 0 Å². The standard InChI is InChI=1S/C12H14OS/c1-12(2,3)14-11-8-9-6-4-5-7-10(9)13-11/h4-8H,1-3H3. The van der Waals surface area contributed by atoms with E-state index in [0.717, 1.165) is 10.7 Å². The van der Waals surface area contributed by atoms with Gasteiger partial charge in [-0.15, -0.1) is 0 Å². The van der Waals surface area contributed by atoms with Crippen molar-refractivity contribution >= 4 is 22.7 Å². The Kier molecular flexibility index (Phi) is 2.31. The fourth-order valence-electron chi connectivity index (χ4n) is 1.31. The number of hydrogen-bond acceptors (Lipinski definition) is 2. The normalized spacial score (nSPS) is 12.2. The van der Waals surface area contributed by atoms with E-state index in [-0.39, 0.29) is 4.75 Å². The van der Waals surface area contributed by atoms with E-state index in [1.54, 1.807) is 11.8 Å². The lowest BCUT2D eigenvalue weighted by molar-refractivity contribution is 0.512. The van der Waals surface area contributed by atoms with Crippen molar-refractivity contribution in [3.05, 3.63) is 30.3 Å². The molecule has 0 bridgehead atoms. The molecule has 14 heavy (non-hydrogen) atoms. The number of benzene rings is 1. The van der Waals surface area contributed by atoms with Gasteiger partial charge in [0.05, 0.1) is 0 Å². The molecule has 0 atom stereocenters. The van der Waals surface area contributed by atoms with E-state index in [1.807, 2.05) is 18.2 Å². The summed E-state index contributed by atoms with van der Waals surface area (Å²) in [5, 5.41) is 2.18. The van der Waals surface area contributed by atoms with Gasteiger partial charge >= 0.3 is 0 Å². The molecule has 1 aromatic heterocycles. The van der Waals surface area contributed by atoms with Gasteiger partial charge in [0.1, 0.15) is 5.58 Å². The summed E-state index contributed by atoms with van der Waals surface area (Å²) in [7, 11) is 0. The summed E-state index contributed by atoms with van der Waals surface area (Å²) in [6.07, 6.45) is 0. The van der Waals surface area contributed by atoms with E-state index in [9.17, 15) is 0 Å². The van der Waals surface area contributed by atoms with Gasteiger partial charge in [-0.1, -0.05) is 50.7 Å². The number of fused-ring (bicyclic) bond motifs is 1. The fourth-order valence-corrected chi connectivity index (χ4v) is 2.23. The van der Waals surface area contributed by atoms with E-state index < -0.39 is 0 Å². The number of para-hydroxylation sites is 1. The SMILES string of the molecule is CC(C)(C)Sc1cc2ccccc2o1. The highest BCUT2D eigenvalue weighted by atomic mass is 32.2. The van der Waals surface area contributed by atoms with Crippen molar-refractivity contribution in [1.29, 1.82) is 0 Å². The third kappa shape index (κ3) is 2.13. The largest absolute Gasteiger partial charge is 0.450 e. The van der Waals surface area contributed by atoms with Gasteiger partial charge in [0.15, 0.2) is 5.09 Å². The first-order valence-corrected chi connectivity index (χ1v) is 5.54. The average Bonchev–Trinajstić information content (AvgIpc) is 2.42. The summed E-state index contributed by atoms with van der Waals surface area (Å²) >= 11 is 1.76. The summed E-state index contributed by atoms with van der Waals surface area (Å²) in [6.45, 7) is 6.56. The molecule has 0 spiro atoms. The fraction of sp³-hybridized carbons (Fsp3) is 0.333. The predicted molar refractivity (Wildman–Crippen MR) is 61.8 cm³/mol. The minimum atomic E-state index is 0.202. The quantitative estimate of drug-likeness (QED) is 0.644. The molecular weight excluding hydrogens is 192 g/mol. The Morgan fingerprint density at radius 1 is 1.14 bits per heavy atom. The molecule has 0 unspecified atom stereocenters. The van der Waals surface area contributed by atoms with Crippen molar-refractivity contribution in [2.75, 3.05) is 0 Å². The van der Waals surface area contributed by atoms with Gasteiger partial charge in [-0.05, 0) is 12.1 Å². The molecule has 1 aromatic carbocycles. The summed E-state index contributed by atoms with van der Waals surface area (Å²) < 4.78 is 5.91. The molecule has 2 heteroatoms. The molecule has 0 radical (unpaired) electrons. The van der Waals surface area contributed by atoms with Crippen LogP contribution in [0.25, 0.3) is 11.0 Å². The first-order chi connectivity index (χ1) is 6.54. The monoisotopic (exact) mass is 206 g/mol. The number of thioether (sulfide) groups is 1. The Hall–Kier alpha value is -0.890. The minimum Gasteiger partial charge on any atom is -0.450 e. The van der Waals surface area contributed by atoms with Crippen molar-refractivity contribution in [1.82, 2.24) is 0 Å². The summed E-state index contributed by atoms with van der Waals surface area (Å²) in [5.74, 6) is 0. The number of furan rings is 1. The first-order valence-electron chi connectivity index (χ1n) is 4.72. The lowest BCUT2D eigenvalue weighted by atomic mass is 10.3. The maximum atomic E-state index is 5.71. The molecule has 0 amide bonds. The number of rotatable bonds is 1. The molecule has 0 fully saturated rings. The molecule has 0 aliphatic carbocycles. The summed E-state index contributed by atoms with van der Waals surface area (Å²) in [6, 6.07) is 10.2. The molecule has 2 rings (SSSR count). The Morgan fingerprint density at radius 2 is 1.86 bits per heavy atom. The molecule has 0 N–H and O–H groups in total. The van der Waals surface area contributed by atoms with Crippen LogP contribution in [-0.2, 0) is 0 Å². The second-order valence-corrected chi connectivity index (χ2v) is 6.15. The van der Waals surface area contributed by atoms with Gasteiger partial charge in [0.25, 0.3) is 0 Å². The average molecular weight is 206 g/mol. The topological polar surface area (TPSA) is 13.1 Å². The van der Waals surface area contributed by atoms with Crippen molar-refractivity contribution in [2.45, 2.75) is 30.6 Å². The van der Waals surface area contributed by atoms with Crippen LogP contribution in [0.5, 0.6) is 0 Å². The Labute approximate surface area is 88.5 Å². The maximum Gasteiger partial charge on any atom is 0.162 e. The molecular formula is C12H14OS. The number of hydrogen-bond donors (Lipinski definition) is 0. The Morgan fingerprint density at radius 3 is 2.50 bits per heavy atom. The van der Waals surface area contributed by atoms with Crippen molar-refractivity contribution in [3.8, 4) is 0 Å². The molecule has 1 heterocycles. The highest BCUT2D eigenvalue weighted by Crippen LogP contribution is 2.35. The van der Waals surface area contributed by atoms with Crippen LogP contribution in [0.3, 0.4) is 0 Å². The Balaban J connectivity index is 2.36. The predicted octanol–water partition coefficient (Wildman–Crippen LogP) is 4.32. The van der Waals surface area contributed by atoms with Crippen molar-refractivity contribution in [3.63, 3.8) is 0 Å². The summed E-state index contributed by atoms with van der Waals surface area (Å²) in [5.41, 5.74) is 0.972. The van der Waals surface area contributed by atoms with Crippen LogP contribution >= 0.6 is 11.8 Å². The molecule has 0 saturated carbocycles. The zero-order valence-electron chi connectivity index (χ0n) is 8.70. The smallest absolute Gasteiger partial charge is 0.162 e. The highest BCUT2D eigenvalue weighted by Gasteiger charge is 2.15. The van der Waals surface area contributed by atoms with Crippen LogP contribution in [0.4, 0.5) is 0 Å². The molecule has 74 valence electrons. The highest BCUT2D eigenvalue weighted by molar-refractivity contribution is 8.00.